The molecule has 1 N–H and O–H groups in total. The zero-order chi connectivity index (χ0) is 11.9. The van der Waals surface area contributed by atoms with Crippen LogP contribution in [0.5, 0.6) is 0 Å². The van der Waals surface area contributed by atoms with Gasteiger partial charge in [-0.15, -0.1) is 0 Å². The van der Waals surface area contributed by atoms with Gasteiger partial charge in [-0.05, 0) is 13.3 Å². The Hall–Kier alpha value is -1.06. The van der Waals surface area contributed by atoms with E-state index in [1.807, 2.05) is 20.8 Å². The van der Waals surface area contributed by atoms with Gasteiger partial charge in [-0.1, -0.05) is 20.8 Å². The first kappa shape index (κ1) is 12.0. The van der Waals surface area contributed by atoms with E-state index >= 15 is 0 Å². The van der Waals surface area contributed by atoms with Crippen LogP contribution < -0.4 is 0 Å². The van der Waals surface area contributed by atoms with Crippen molar-refractivity contribution in [3.05, 3.63) is 0 Å². The minimum Gasteiger partial charge on any atom is -0.481 e. The molecule has 0 bridgehead atoms. The number of carbonyl (C=O) groups excluding carboxylic acids is 1. The quantitative estimate of drug-likeness (QED) is 0.715. The fourth-order valence-electron chi connectivity index (χ4n) is 1.78. The van der Waals surface area contributed by atoms with E-state index in [1.165, 1.54) is 0 Å². The van der Waals surface area contributed by atoms with Gasteiger partial charge in [-0.25, -0.2) is 0 Å². The highest BCUT2D eigenvalue weighted by Crippen LogP contribution is 2.32. The maximum atomic E-state index is 11.9. The summed E-state index contributed by atoms with van der Waals surface area (Å²) in [5, 5.41) is 9.04. The highest BCUT2D eigenvalue weighted by Gasteiger charge is 2.43. The Bertz CT molecular complexity index is 293. The van der Waals surface area contributed by atoms with Crippen LogP contribution in [-0.4, -0.2) is 35.0 Å². The minimum absolute atomic E-state index is 0.0347. The van der Waals surface area contributed by atoms with Gasteiger partial charge in [0.05, 0.1) is 5.41 Å². The molecule has 1 aliphatic heterocycles. The first-order valence-electron chi connectivity index (χ1n) is 5.20. The molecule has 4 heteroatoms. The van der Waals surface area contributed by atoms with Crippen LogP contribution in [0.25, 0.3) is 0 Å². The van der Waals surface area contributed by atoms with E-state index in [9.17, 15) is 9.59 Å². The average Bonchev–Trinajstić information content (AvgIpc) is 2.46. The highest BCUT2D eigenvalue weighted by molar-refractivity contribution is 5.83. The van der Waals surface area contributed by atoms with Gasteiger partial charge in [-0.2, -0.15) is 0 Å². The molecular formula is C11H19NO3. The molecule has 1 fully saturated rings. The molecule has 0 aromatic carbocycles. The van der Waals surface area contributed by atoms with Gasteiger partial charge in [0.25, 0.3) is 0 Å². The fourth-order valence-corrected chi connectivity index (χ4v) is 1.78. The molecule has 1 rings (SSSR count). The molecule has 0 aliphatic carbocycles. The lowest BCUT2D eigenvalue weighted by Gasteiger charge is -2.26. The number of likely N-dealkylation sites (tertiary alicyclic amines) is 1. The fraction of sp³-hybridized carbons (Fsp3) is 0.818. The normalized spacial score (nSPS) is 26.8. The topological polar surface area (TPSA) is 57.6 Å². The van der Waals surface area contributed by atoms with Crippen molar-refractivity contribution in [3.63, 3.8) is 0 Å². The van der Waals surface area contributed by atoms with Crippen molar-refractivity contribution in [3.8, 4) is 0 Å². The molecule has 1 saturated heterocycles. The zero-order valence-corrected chi connectivity index (χ0v) is 9.83. The number of aliphatic carboxylic acids is 1. The standard InChI is InChI=1S/C11H19NO3/c1-10(2,3)8(13)12-6-5-11(4,7-12)9(14)15/h5-7H2,1-4H3,(H,14,15). The summed E-state index contributed by atoms with van der Waals surface area (Å²) in [6.07, 6.45) is 0.546. The van der Waals surface area contributed by atoms with Gasteiger partial charge in [0.2, 0.25) is 5.91 Å². The zero-order valence-electron chi connectivity index (χ0n) is 9.83. The smallest absolute Gasteiger partial charge is 0.311 e. The monoisotopic (exact) mass is 213 g/mol. The van der Waals surface area contributed by atoms with E-state index in [2.05, 4.69) is 0 Å². The Balaban J connectivity index is 2.73. The summed E-state index contributed by atoms with van der Waals surface area (Å²) in [5.41, 5.74) is -1.19. The number of carbonyl (C=O) groups is 2. The lowest BCUT2D eigenvalue weighted by molar-refractivity contribution is -0.148. The molecule has 0 aromatic heterocycles. The average molecular weight is 213 g/mol. The molecule has 0 radical (unpaired) electrons. The number of amides is 1. The third-order valence-electron chi connectivity index (χ3n) is 2.92. The number of carboxylic acid groups (broad SMARTS) is 1. The van der Waals surface area contributed by atoms with E-state index in [-0.39, 0.29) is 5.91 Å². The Morgan fingerprint density at radius 2 is 1.87 bits per heavy atom. The molecule has 0 spiro atoms. The van der Waals surface area contributed by atoms with Crippen molar-refractivity contribution in [2.45, 2.75) is 34.1 Å². The van der Waals surface area contributed by atoms with E-state index in [4.69, 9.17) is 5.11 Å². The Morgan fingerprint density at radius 3 is 2.20 bits per heavy atom. The lowest BCUT2D eigenvalue weighted by Crippen LogP contribution is -2.40. The molecule has 15 heavy (non-hydrogen) atoms. The molecule has 1 amide bonds. The van der Waals surface area contributed by atoms with Crippen molar-refractivity contribution >= 4 is 11.9 Å². The number of hydrogen-bond acceptors (Lipinski definition) is 2. The van der Waals surface area contributed by atoms with Crippen molar-refractivity contribution in [2.75, 3.05) is 13.1 Å². The van der Waals surface area contributed by atoms with Crippen LogP contribution in [0.15, 0.2) is 0 Å². The van der Waals surface area contributed by atoms with E-state index in [0.717, 1.165) is 0 Å². The molecular weight excluding hydrogens is 194 g/mol. The van der Waals surface area contributed by atoms with Gasteiger partial charge in [0, 0.05) is 18.5 Å². The summed E-state index contributed by atoms with van der Waals surface area (Å²) in [6.45, 7) is 8.14. The maximum Gasteiger partial charge on any atom is 0.311 e. The van der Waals surface area contributed by atoms with E-state index < -0.39 is 16.8 Å². The summed E-state index contributed by atoms with van der Waals surface area (Å²) < 4.78 is 0. The molecule has 1 aliphatic rings. The number of carboxylic acids is 1. The van der Waals surface area contributed by atoms with Crippen LogP contribution in [0.1, 0.15) is 34.1 Å². The second-order valence-electron chi connectivity index (χ2n) is 5.59. The second kappa shape index (κ2) is 3.51. The molecule has 1 heterocycles. The summed E-state index contributed by atoms with van der Waals surface area (Å²) in [7, 11) is 0. The Morgan fingerprint density at radius 1 is 1.33 bits per heavy atom. The van der Waals surface area contributed by atoms with Gasteiger partial charge in [-0.3, -0.25) is 9.59 Å². The van der Waals surface area contributed by atoms with Crippen LogP contribution in [0.2, 0.25) is 0 Å². The molecule has 4 nitrogen and oxygen atoms in total. The van der Waals surface area contributed by atoms with E-state index in [1.54, 1.807) is 11.8 Å². The van der Waals surface area contributed by atoms with Crippen molar-refractivity contribution in [1.29, 1.82) is 0 Å². The van der Waals surface area contributed by atoms with Crippen LogP contribution in [0.4, 0.5) is 0 Å². The summed E-state index contributed by atoms with van der Waals surface area (Å²) in [6, 6.07) is 0. The molecule has 86 valence electrons. The van der Waals surface area contributed by atoms with Crippen LogP contribution >= 0.6 is 0 Å². The van der Waals surface area contributed by atoms with Crippen LogP contribution in [0, 0.1) is 10.8 Å². The number of rotatable bonds is 1. The molecule has 1 unspecified atom stereocenters. The Labute approximate surface area is 90.3 Å². The molecule has 0 saturated carbocycles. The van der Waals surface area contributed by atoms with Crippen molar-refractivity contribution in [2.24, 2.45) is 10.8 Å². The predicted octanol–water partition coefficient (Wildman–Crippen LogP) is 1.36. The summed E-state index contributed by atoms with van der Waals surface area (Å²) >= 11 is 0. The van der Waals surface area contributed by atoms with Crippen LogP contribution in [0.3, 0.4) is 0 Å². The number of nitrogens with zero attached hydrogens (tertiary/aromatic N) is 1. The van der Waals surface area contributed by atoms with Gasteiger partial charge in [0.15, 0.2) is 0 Å². The Kier molecular flexibility index (Phi) is 2.81. The predicted molar refractivity (Wildman–Crippen MR) is 56.4 cm³/mol. The first-order chi connectivity index (χ1) is 6.67. The number of hydrogen-bond donors (Lipinski definition) is 1. The lowest BCUT2D eigenvalue weighted by atomic mass is 9.90. The second-order valence-corrected chi connectivity index (χ2v) is 5.59. The first-order valence-corrected chi connectivity index (χ1v) is 5.20. The van der Waals surface area contributed by atoms with Gasteiger partial charge >= 0.3 is 5.97 Å². The molecule has 0 aromatic rings. The van der Waals surface area contributed by atoms with Crippen molar-refractivity contribution < 1.29 is 14.7 Å². The minimum atomic E-state index is -0.813. The maximum absolute atomic E-state index is 11.9. The van der Waals surface area contributed by atoms with Crippen molar-refractivity contribution in [1.82, 2.24) is 4.90 Å². The summed E-state index contributed by atoms with van der Waals surface area (Å²) in [4.78, 5) is 24.6. The molecule has 1 atom stereocenters. The van der Waals surface area contributed by atoms with Gasteiger partial charge < -0.3 is 10.0 Å². The summed E-state index contributed by atoms with van der Waals surface area (Å²) in [5.74, 6) is -0.779. The third kappa shape index (κ3) is 2.30. The highest BCUT2D eigenvalue weighted by atomic mass is 16.4. The van der Waals surface area contributed by atoms with E-state index in [0.29, 0.717) is 19.5 Å². The van der Waals surface area contributed by atoms with Crippen LogP contribution in [-0.2, 0) is 9.59 Å². The third-order valence-corrected chi connectivity index (χ3v) is 2.92. The van der Waals surface area contributed by atoms with Gasteiger partial charge in [0.1, 0.15) is 0 Å². The SMILES string of the molecule is CC(C)(C)C(=O)N1CCC(C)(C(=O)O)C1. The largest absolute Gasteiger partial charge is 0.481 e.